The summed E-state index contributed by atoms with van der Waals surface area (Å²) in [4.78, 5) is 15.6. The number of benzene rings is 1. The number of aromatic amines is 1. The highest BCUT2D eigenvalue weighted by Crippen LogP contribution is 2.49. The van der Waals surface area contributed by atoms with Crippen LogP contribution in [0, 0.1) is 17.2 Å². The number of nitrogens with zero attached hydrogens (tertiary/aromatic N) is 2. The van der Waals surface area contributed by atoms with Crippen LogP contribution >= 0.6 is 0 Å². The molecule has 0 saturated heterocycles. The molecule has 0 radical (unpaired) electrons. The number of fused-ring (bicyclic) bond motifs is 1. The molecule has 3 unspecified atom stereocenters. The molecule has 0 aliphatic heterocycles. The fourth-order valence-electron chi connectivity index (χ4n) is 3.42. The molecule has 1 aromatic heterocycles. The molecule has 0 bridgehead atoms. The lowest BCUT2D eigenvalue weighted by Crippen LogP contribution is -2.49. The Kier molecular flexibility index (Phi) is 5.07. The monoisotopic (exact) mass is 339 g/mol. The molecule has 132 valence electrons. The predicted molar refractivity (Wildman–Crippen MR) is 97.8 cm³/mol. The number of likely N-dealkylation sites (N-methyl/N-ethyl adjacent to an activating group) is 1. The van der Waals surface area contributed by atoms with E-state index >= 15 is 0 Å². The van der Waals surface area contributed by atoms with Crippen molar-refractivity contribution in [2.45, 2.75) is 31.7 Å². The summed E-state index contributed by atoms with van der Waals surface area (Å²) in [5, 5.41) is 15.2. The quantitative estimate of drug-likeness (QED) is 0.675. The summed E-state index contributed by atoms with van der Waals surface area (Å²) in [7, 11) is 3.49. The van der Waals surface area contributed by atoms with Crippen LogP contribution in [-0.2, 0) is 4.79 Å². The Morgan fingerprint density at radius 3 is 3.00 bits per heavy atom. The highest BCUT2D eigenvalue weighted by molar-refractivity contribution is 5.85. The number of H-pyrrole nitrogens is 1. The van der Waals surface area contributed by atoms with Crippen LogP contribution in [0.5, 0.6) is 0 Å². The zero-order valence-electron chi connectivity index (χ0n) is 15.0. The van der Waals surface area contributed by atoms with E-state index < -0.39 is 0 Å². The predicted octanol–water partition coefficient (Wildman–Crippen LogP) is 2.10. The fraction of sp³-hybridized carbons (Fsp3) is 0.474. The fourth-order valence-corrected chi connectivity index (χ4v) is 3.42. The van der Waals surface area contributed by atoms with Gasteiger partial charge in [0.1, 0.15) is 0 Å². The standard InChI is InChI=1S/C19H25N5O/c1-4-17(19(25)24(3)21-2)22-10-13-8-14(13)16-11-23-18-6-5-12(9-20)7-15(16)18/h5-7,11,13-14,17,21-23H,4,8,10H2,1-3H3. The first-order chi connectivity index (χ1) is 12.1. The lowest BCUT2D eigenvalue weighted by Gasteiger charge is -2.22. The van der Waals surface area contributed by atoms with Crippen LogP contribution in [0.3, 0.4) is 0 Å². The minimum atomic E-state index is -0.160. The van der Waals surface area contributed by atoms with E-state index in [1.54, 1.807) is 14.1 Å². The second-order valence-electron chi connectivity index (χ2n) is 6.71. The molecule has 6 nitrogen and oxygen atoms in total. The van der Waals surface area contributed by atoms with Gasteiger partial charge in [-0.3, -0.25) is 9.80 Å². The van der Waals surface area contributed by atoms with Crippen molar-refractivity contribution in [2.75, 3.05) is 20.6 Å². The first kappa shape index (κ1) is 17.5. The molecular weight excluding hydrogens is 314 g/mol. The van der Waals surface area contributed by atoms with E-state index in [2.05, 4.69) is 28.0 Å². The molecule has 6 heteroatoms. The lowest BCUT2D eigenvalue weighted by atomic mass is 10.1. The Hall–Kier alpha value is -2.36. The molecule has 1 fully saturated rings. The van der Waals surface area contributed by atoms with Gasteiger partial charge in [0, 0.05) is 31.2 Å². The molecule has 1 aromatic carbocycles. The third-order valence-electron chi connectivity index (χ3n) is 5.16. The second kappa shape index (κ2) is 7.26. The molecule has 3 rings (SSSR count). The van der Waals surface area contributed by atoms with E-state index in [9.17, 15) is 4.79 Å². The third kappa shape index (κ3) is 3.53. The smallest absolute Gasteiger partial charge is 0.253 e. The lowest BCUT2D eigenvalue weighted by molar-refractivity contribution is -0.134. The molecule has 1 saturated carbocycles. The van der Waals surface area contributed by atoms with Gasteiger partial charge in [-0.05, 0) is 55.0 Å². The van der Waals surface area contributed by atoms with E-state index in [0.29, 0.717) is 17.4 Å². The van der Waals surface area contributed by atoms with Crippen molar-refractivity contribution in [3.05, 3.63) is 35.5 Å². The molecule has 1 amide bonds. The zero-order chi connectivity index (χ0) is 18.0. The average Bonchev–Trinajstić information content (AvgIpc) is 3.29. The Labute approximate surface area is 148 Å². The Balaban J connectivity index is 1.63. The topological polar surface area (TPSA) is 84.0 Å². The number of rotatable bonds is 7. The van der Waals surface area contributed by atoms with Gasteiger partial charge >= 0.3 is 0 Å². The summed E-state index contributed by atoms with van der Waals surface area (Å²) in [5.74, 6) is 1.09. The molecule has 3 atom stereocenters. The number of nitriles is 1. The molecule has 1 heterocycles. The number of hydrazine groups is 1. The molecule has 1 aliphatic rings. The summed E-state index contributed by atoms with van der Waals surface area (Å²) in [6, 6.07) is 7.81. The SMILES string of the molecule is CCC(NCC1CC1c1c[nH]c2ccc(C#N)cc12)C(=O)N(C)NC. The number of aromatic nitrogens is 1. The van der Waals surface area contributed by atoms with Crippen molar-refractivity contribution in [1.82, 2.24) is 20.7 Å². The summed E-state index contributed by atoms with van der Waals surface area (Å²) < 4.78 is 0. The Morgan fingerprint density at radius 1 is 1.52 bits per heavy atom. The first-order valence-electron chi connectivity index (χ1n) is 8.78. The van der Waals surface area contributed by atoms with Crippen LogP contribution in [0.2, 0.25) is 0 Å². The van der Waals surface area contributed by atoms with E-state index in [0.717, 1.165) is 30.3 Å². The Bertz CT molecular complexity index is 806. The molecule has 2 aromatic rings. The first-order valence-corrected chi connectivity index (χ1v) is 8.78. The number of hydrogen-bond acceptors (Lipinski definition) is 4. The molecule has 25 heavy (non-hydrogen) atoms. The van der Waals surface area contributed by atoms with Crippen LogP contribution < -0.4 is 10.7 Å². The van der Waals surface area contributed by atoms with Crippen molar-refractivity contribution in [1.29, 1.82) is 5.26 Å². The minimum Gasteiger partial charge on any atom is -0.361 e. The summed E-state index contributed by atoms with van der Waals surface area (Å²) in [5.41, 5.74) is 5.91. The largest absolute Gasteiger partial charge is 0.361 e. The maximum atomic E-state index is 12.3. The van der Waals surface area contributed by atoms with Crippen LogP contribution in [0.25, 0.3) is 10.9 Å². The molecular formula is C19H25N5O. The number of amides is 1. The zero-order valence-corrected chi connectivity index (χ0v) is 15.0. The van der Waals surface area contributed by atoms with Crippen LogP contribution in [0.15, 0.2) is 24.4 Å². The number of nitrogens with one attached hydrogen (secondary N) is 3. The van der Waals surface area contributed by atoms with Crippen molar-refractivity contribution in [3.8, 4) is 6.07 Å². The van der Waals surface area contributed by atoms with E-state index in [1.165, 1.54) is 10.6 Å². The maximum absolute atomic E-state index is 12.3. The highest BCUT2D eigenvalue weighted by Gasteiger charge is 2.40. The third-order valence-corrected chi connectivity index (χ3v) is 5.16. The van der Waals surface area contributed by atoms with E-state index in [1.807, 2.05) is 25.1 Å². The van der Waals surface area contributed by atoms with Gasteiger partial charge in [0.2, 0.25) is 0 Å². The normalized spacial score (nSPS) is 20.2. The van der Waals surface area contributed by atoms with Crippen molar-refractivity contribution in [2.24, 2.45) is 5.92 Å². The minimum absolute atomic E-state index is 0.0629. The van der Waals surface area contributed by atoms with Gasteiger partial charge in [0.15, 0.2) is 0 Å². The number of carbonyl (C=O) groups excluding carboxylic acids is 1. The molecule has 1 aliphatic carbocycles. The summed E-state index contributed by atoms with van der Waals surface area (Å²) in [6.45, 7) is 2.85. The Morgan fingerprint density at radius 2 is 2.32 bits per heavy atom. The summed E-state index contributed by atoms with van der Waals surface area (Å²) >= 11 is 0. The highest BCUT2D eigenvalue weighted by atomic mass is 16.2. The molecule has 0 spiro atoms. The average molecular weight is 339 g/mol. The molecule has 3 N–H and O–H groups in total. The van der Waals surface area contributed by atoms with E-state index in [4.69, 9.17) is 5.26 Å². The van der Waals surface area contributed by atoms with Crippen LogP contribution in [-0.4, -0.2) is 42.6 Å². The van der Waals surface area contributed by atoms with Gasteiger partial charge in [-0.25, -0.2) is 5.43 Å². The van der Waals surface area contributed by atoms with Crippen LogP contribution in [0.1, 0.15) is 36.8 Å². The van der Waals surface area contributed by atoms with Gasteiger partial charge in [0.25, 0.3) is 5.91 Å². The van der Waals surface area contributed by atoms with Crippen molar-refractivity contribution >= 4 is 16.8 Å². The van der Waals surface area contributed by atoms with Crippen molar-refractivity contribution < 1.29 is 4.79 Å². The van der Waals surface area contributed by atoms with Crippen LogP contribution in [0.4, 0.5) is 0 Å². The van der Waals surface area contributed by atoms with Gasteiger partial charge in [-0.1, -0.05) is 6.92 Å². The van der Waals surface area contributed by atoms with Gasteiger partial charge in [-0.2, -0.15) is 5.26 Å². The van der Waals surface area contributed by atoms with Gasteiger partial charge < -0.3 is 10.3 Å². The summed E-state index contributed by atoms with van der Waals surface area (Å²) in [6.07, 6.45) is 3.94. The number of hydrogen-bond donors (Lipinski definition) is 3. The number of carbonyl (C=O) groups is 1. The van der Waals surface area contributed by atoms with Gasteiger partial charge in [0.05, 0.1) is 17.7 Å². The van der Waals surface area contributed by atoms with Gasteiger partial charge in [-0.15, -0.1) is 0 Å². The van der Waals surface area contributed by atoms with E-state index in [-0.39, 0.29) is 11.9 Å². The van der Waals surface area contributed by atoms with Crippen molar-refractivity contribution in [3.63, 3.8) is 0 Å². The second-order valence-corrected chi connectivity index (χ2v) is 6.71. The maximum Gasteiger partial charge on any atom is 0.253 e.